The lowest BCUT2D eigenvalue weighted by molar-refractivity contribution is -0.121. The summed E-state index contributed by atoms with van der Waals surface area (Å²) in [6.45, 7) is 1.39. The van der Waals surface area contributed by atoms with Crippen LogP contribution in [0.3, 0.4) is 0 Å². The van der Waals surface area contributed by atoms with Crippen LogP contribution in [0, 0.1) is 0 Å². The van der Waals surface area contributed by atoms with Crippen molar-refractivity contribution < 1.29 is 14.3 Å². The van der Waals surface area contributed by atoms with Gasteiger partial charge in [-0.05, 0) is 37.6 Å². The zero-order valence-electron chi connectivity index (χ0n) is 15.1. The number of amides is 1. The topological polar surface area (TPSA) is 59.6 Å². The molecule has 1 aliphatic carbocycles. The van der Waals surface area contributed by atoms with Crippen molar-refractivity contribution in [2.24, 2.45) is 0 Å². The highest BCUT2D eigenvalue weighted by molar-refractivity contribution is 5.76. The number of rotatable bonds is 8. The van der Waals surface area contributed by atoms with Gasteiger partial charge < -0.3 is 20.1 Å². The molecule has 134 valence electrons. The zero-order valence-corrected chi connectivity index (χ0v) is 15.1. The van der Waals surface area contributed by atoms with Gasteiger partial charge >= 0.3 is 0 Å². The second kappa shape index (κ2) is 8.92. The summed E-state index contributed by atoms with van der Waals surface area (Å²) in [4.78, 5) is 12.0. The van der Waals surface area contributed by atoms with Crippen LogP contribution in [-0.2, 0) is 10.2 Å². The Morgan fingerprint density at radius 2 is 1.83 bits per heavy atom. The van der Waals surface area contributed by atoms with Gasteiger partial charge in [0.25, 0.3) is 0 Å². The number of carbonyl (C=O) groups is 1. The number of hydrogen-bond donors (Lipinski definition) is 2. The van der Waals surface area contributed by atoms with Crippen molar-refractivity contribution in [3.05, 3.63) is 23.8 Å². The van der Waals surface area contributed by atoms with Crippen LogP contribution in [0.1, 0.15) is 44.1 Å². The third kappa shape index (κ3) is 4.41. The van der Waals surface area contributed by atoms with E-state index in [1.165, 1.54) is 24.8 Å². The van der Waals surface area contributed by atoms with E-state index in [2.05, 4.69) is 22.8 Å². The second-order valence-corrected chi connectivity index (χ2v) is 6.54. The van der Waals surface area contributed by atoms with Crippen LogP contribution in [0.15, 0.2) is 18.2 Å². The number of hydrogen-bond acceptors (Lipinski definition) is 4. The Morgan fingerprint density at radius 3 is 2.46 bits per heavy atom. The van der Waals surface area contributed by atoms with Crippen molar-refractivity contribution in [1.29, 1.82) is 0 Å². The molecular weight excluding hydrogens is 304 g/mol. The summed E-state index contributed by atoms with van der Waals surface area (Å²) in [6.07, 6.45) is 6.35. The second-order valence-electron chi connectivity index (χ2n) is 6.54. The first-order valence-electron chi connectivity index (χ1n) is 8.79. The molecule has 2 N–H and O–H groups in total. The van der Waals surface area contributed by atoms with Crippen LogP contribution in [0.5, 0.6) is 11.5 Å². The molecule has 1 amide bonds. The smallest absolute Gasteiger partial charge is 0.221 e. The van der Waals surface area contributed by atoms with Crippen LogP contribution in [0.2, 0.25) is 0 Å². The third-order valence-corrected chi connectivity index (χ3v) is 5.03. The summed E-state index contributed by atoms with van der Waals surface area (Å²) in [6, 6.07) is 6.16. The van der Waals surface area contributed by atoms with Crippen LogP contribution < -0.4 is 20.1 Å². The molecule has 5 nitrogen and oxygen atoms in total. The Labute approximate surface area is 145 Å². The fourth-order valence-electron chi connectivity index (χ4n) is 3.56. The van der Waals surface area contributed by atoms with E-state index in [-0.39, 0.29) is 11.3 Å². The summed E-state index contributed by atoms with van der Waals surface area (Å²) < 4.78 is 10.8. The summed E-state index contributed by atoms with van der Waals surface area (Å²) in [5, 5.41) is 6.16. The number of benzene rings is 1. The summed E-state index contributed by atoms with van der Waals surface area (Å²) in [7, 11) is 5.17. The van der Waals surface area contributed by atoms with Crippen LogP contribution in [0.4, 0.5) is 0 Å². The molecule has 2 rings (SSSR count). The first-order chi connectivity index (χ1) is 11.6. The Kier molecular flexibility index (Phi) is 6.91. The quantitative estimate of drug-likeness (QED) is 0.767. The summed E-state index contributed by atoms with van der Waals surface area (Å²) in [5.41, 5.74) is 1.22. The molecule has 0 spiro atoms. The third-order valence-electron chi connectivity index (χ3n) is 5.03. The first-order valence-corrected chi connectivity index (χ1v) is 8.79. The monoisotopic (exact) mass is 334 g/mol. The lowest BCUT2D eigenvalue weighted by Gasteiger charge is -2.38. The molecule has 1 fully saturated rings. The van der Waals surface area contributed by atoms with E-state index in [4.69, 9.17) is 9.47 Å². The van der Waals surface area contributed by atoms with E-state index in [9.17, 15) is 4.79 Å². The minimum Gasteiger partial charge on any atom is -0.493 e. The van der Waals surface area contributed by atoms with Crippen molar-refractivity contribution in [1.82, 2.24) is 10.6 Å². The molecular formula is C19H30N2O3. The summed E-state index contributed by atoms with van der Waals surface area (Å²) in [5.74, 6) is 1.60. The van der Waals surface area contributed by atoms with Gasteiger partial charge in [0.15, 0.2) is 11.5 Å². The number of ether oxygens (including phenoxy) is 2. The highest BCUT2D eigenvalue weighted by atomic mass is 16.5. The molecule has 1 aliphatic rings. The number of carbonyl (C=O) groups excluding carboxylic acids is 1. The predicted octanol–water partition coefficient (Wildman–Crippen LogP) is 2.63. The van der Waals surface area contributed by atoms with Gasteiger partial charge in [0.05, 0.1) is 14.2 Å². The fourth-order valence-corrected chi connectivity index (χ4v) is 3.56. The Morgan fingerprint density at radius 1 is 1.12 bits per heavy atom. The highest BCUT2D eigenvalue weighted by Crippen LogP contribution is 2.42. The minimum atomic E-state index is -0.00684. The van der Waals surface area contributed by atoms with Crippen molar-refractivity contribution >= 4 is 5.91 Å². The van der Waals surface area contributed by atoms with Gasteiger partial charge in [0.2, 0.25) is 5.91 Å². The van der Waals surface area contributed by atoms with Gasteiger partial charge in [-0.1, -0.05) is 25.3 Å². The first kappa shape index (κ1) is 18.6. The molecule has 0 radical (unpaired) electrons. The van der Waals surface area contributed by atoms with Gasteiger partial charge in [-0.2, -0.15) is 0 Å². The van der Waals surface area contributed by atoms with Gasteiger partial charge in [0.1, 0.15) is 0 Å². The molecule has 0 heterocycles. The van der Waals surface area contributed by atoms with E-state index in [0.717, 1.165) is 24.3 Å². The van der Waals surface area contributed by atoms with E-state index in [1.54, 1.807) is 14.2 Å². The Hall–Kier alpha value is -1.75. The predicted molar refractivity (Wildman–Crippen MR) is 95.9 cm³/mol. The van der Waals surface area contributed by atoms with Crippen LogP contribution in [-0.4, -0.2) is 40.3 Å². The van der Waals surface area contributed by atoms with Crippen molar-refractivity contribution in [2.45, 2.75) is 43.9 Å². The maximum absolute atomic E-state index is 12.0. The maximum atomic E-state index is 12.0. The molecule has 0 saturated heterocycles. The molecule has 0 unspecified atom stereocenters. The van der Waals surface area contributed by atoms with Gasteiger partial charge in [-0.15, -0.1) is 0 Å². The van der Waals surface area contributed by atoms with E-state index >= 15 is 0 Å². The lowest BCUT2D eigenvalue weighted by Crippen LogP contribution is -2.42. The van der Waals surface area contributed by atoms with Crippen molar-refractivity contribution in [3.63, 3.8) is 0 Å². The van der Waals surface area contributed by atoms with Gasteiger partial charge in [0, 0.05) is 24.9 Å². The van der Waals surface area contributed by atoms with Crippen molar-refractivity contribution in [2.75, 3.05) is 34.4 Å². The molecule has 1 aromatic rings. The Bertz CT molecular complexity index is 539. The summed E-state index contributed by atoms with van der Waals surface area (Å²) >= 11 is 0. The van der Waals surface area contributed by atoms with Gasteiger partial charge in [-0.3, -0.25) is 4.79 Å². The largest absolute Gasteiger partial charge is 0.493 e. The molecule has 1 saturated carbocycles. The molecule has 24 heavy (non-hydrogen) atoms. The SMILES string of the molecule is CNCCC(=O)NCC1(c2ccc(OC)c(OC)c2)CCCCC1. The minimum absolute atomic E-state index is 0.00684. The number of nitrogens with one attached hydrogen (secondary N) is 2. The lowest BCUT2D eigenvalue weighted by atomic mass is 9.69. The normalized spacial score (nSPS) is 16.5. The van der Waals surface area contributed by atoms with Crippen molar-refractivity contribution in [3.8, 4) is 11.5 Å². The number of methoxy groups -OCH3 is 2. The molecule has 0 aromatic heterocycles. The van der Waals surface area contributed by atoms with E-state index in [1.807, 2.05) is 13.1 Å². The molecule has 1 aromatic carbocycles. The average Bonchev–Trinajstić information content (AvgIpc) is 2.64. The molecule has 0 bridgehead atoms. The highest BCUT2D eigenvalue weighted by Gasteiger charge is 2.34. The Balaban J connectivity index is 2.19. The molecule has 0 aliphatic heterocycles. The van der Waals surface area contributed by atoms with E-state index in [0.29, 0.717) is 19.5 Å². The fraction of sp³-hybridized carbons (Fsp3) is 0.632. The standard InChI is InChI=1S/C19H30N2O3/c1-20-12-9-18(22)21-14-19(10-5-4-6-11-19)15-7-8-16(23-2)17(13-15)24-3/h7-8,13,20H,4-6,9-12,14H2,1-3H3,(H,21,22). The van der Waals surface area contributed by atoms with E-state index < -0.39 is 0 Å². The van der Waals surface area contributed by atoms with Crippen LogP contribution >= 0.6 is 0 Å². The molecule has 0 atom stereocenters. The average molecular weight is 334 g/mol. The van der Waals surface area contributed by atoms with Crippen LogP contribution in [0.25, 0.3) is 0 Å². The molecule has 5 heteroatoms. The van der Waals surface area contributed by atoms with Gasteiger partial charge in [-0.25, -0.2) is 0 Å². The maximum Gasteiger partial charge on any atom is 0.221 e. The zero-order chi connectivity index (χ0) is 17.4.